The topological polar surface area (TPSA) is 59.0 Å². The maximum absolute atomic E-state index is 8.94. The van der Waals surface area contributed by atoms with E-state index >= 15 is 0 Å². The van der Waals surface area contributed by atoms with Crippen LogP contribution < -0.4 is 5.73 Å². The fourth-order valence-electron chi connectivity index (χ4n) is 2.25. The second-order valence-electron chi connectivity index (χ2n) is 4.68. The van der Waals surface area contributed by atoms with Gasteiger partial charge in [-0.2, -0.15) is 5.26 Å². The molecule has 0 heterocycles. The van der Waals surface area contributed by atoms with E-state index in [-0.39, 0.29) is 6.10 Å². The van der Waals surface area contributed by atoms with Gasteiger partial charge in [0.2, 0.25) is 0 Å². The summed E-state index contributed by atoms with van der Waals surface area (Å²) in [5, 5.41) is 8.94. The molecule has 2 aliphatic rings. The Bertz CT molecular complexity index is 244. The molecule has 2 rings (SSSR count). The molecule has 2 aliphatic carbocycles. The second kappa shape index (κ2) is 3.88. The summed E-state index contributed by atoms with van der Waals surface area (Å²) < 4.78 is 5.89. The van der Waals surface area contributed by atoms with Crippen LogP contribution in [0.15, 0.2) is 0 Å². The lowest BCUT2D eigenvalue weighted by molar-refractivity contribution is -0.0713. The molecule has 2 fully saturated rings. The Kier molecular flexibility index (Phi) is 2.76. The highest BCUT2D eigenvalue weighted by Crippen LogP contribution is 2.32. The smallest absolute Gasteiger partial charge is 0.106 e. The average Bonchev–Trinajstić information content (AvgIpc) is 2.12. The Hall–Kier alpha value is -0.590. The van der Waals surface area contributed by atoms with Gasteiger partial charge < -0.3 is 10.5 Å². The minimum absolute atomic E-state index is 0.235. The van der Waals surface area contributed by atoms with E-state index in [1.807, 2.05) is 0 Å². The number of nitriles is 1. The van der Waals surface area contributed by atoms with E-state index in [4.69, 9.17) is 15.7 Å². The monoisotopic (exact) mass is 194 g/mol. The number of nitrogens with two attached hydrogens (primary N) is 1. The van der Waals surface area contributed by atoms with Gasteiger partial charge in [0.15, 0.2) is 0 Å². The van der Waals surface area contributed by atoms with Crippen LogP contribution in [0.2, 0.25) is 0 Å². The lowest BCUT2D eigenvalue weighted by Gasteiger charge is -2.37. The highest BCUT2D eigenvalue weighted by Gasteiger charge is 2.35. The molecule has 78 valence electrons. The van der Waals surface area contributed by atoms with Gasteiger partial charge in [-0.05, 0) is 38.5 Å². The van der Waals surface area contributed by atoms with Gasteiger partial charge in [0.1, 0.15) is 5.54 Å². The average molecular weight is 194 g/mol. The van der Waals surface area contributed by atoms with Crippen LogP contribution in [0.25, 0.3) is 0 Å². The summed E-state index contributed by atoms with van der Waals surface area (Å²) >= 11 is 0. The molecule has 0 radical (unpaired) electrons. The number of nitrogens with zero attached hydrogens (tertiary/aromatic N) is 1. The van der Waals surface area contributed by atoms with Gasteiger partial charge in [-0.1, -0.05) is 0 Å². The van der Waals surface area contributed by atoms with Crippen molar-refractivity contribution in [3.63, 3.8) is 0 Å². The Balaban J connectivity index is 1.84. The first-order valence-corrected chi connectivity index (χ1v) is 5.57. The summed E-state index contributed by atoms with van der Waals surface area (Å²) in [5.74, 6) is 0. The van der Waals surface area contributed by atoms with Crippen LogP contribution >= 0.6 is 0 Å². The summed E-state index contributed by atoms with van der Waals surface area (Å²) in [4.78, 5) is 0. The maximum Gasteiger partial charge on any atom is 0.106 e. The molecular formula is C11H18N2O. The molecule has 0 amide bonds. The second-order valence-corrected chi connectivity index (χ2v) is 4.68. The first kappa shape index (κ1) is 9.95. The summed E-state index contributed by atoms with van der Waals surface area (Å²) in [6, 6.07) is 2.22. The molecule has 14 heavy (non-hydrogen) atoms. The van der Waals surface area contributed by atoms with E-state index in [0.29, 0.717) is 6.10 Å². The summed E-state index contributed by atoms with van der Waals surface area (Å²) in [7, 11) is 0. The molecule has 0 saturated heterocycles. The lowest BCUT2D eigenvalue weighted by Crippen LogP contribution is -2.46. The molecule has 3 nitrogen and oxygen atoms in total. The molecule has 0 aromatic heterocycles. The lowest BCUT2D eigenvalue weighted by atomic mass is 9.81. The van der Waals surface area contributed by atoms with Crippen molar-refractivity contribution >= 4 is 0 Å². The first-order chi connectivity index (χ1) is 6.72. The summed E-state index contributed by atoms with van der Waals surface area (Å²) in [6.45, 7) is 0. The third-order valence-electron chi connectivity index (χ3n) is 3.40. The molecule has 0 bridgehead atoms. The van der Waals surface area contributed by atoms with Crippen LogP contribution in [-0.2, 0) is 4.74 Å². The van der Waals surface area contributed by atoms with Crippen LogP contribution in [0, 0.1) is 11.3 Å². The van der Waals surface area contributed by atoms with E-state index in [2.05, 4.69) is 6.07 Å². The van der Waals surface area contributed by atoms with Crippen molar-refractivity contribution < 1.29 is 4.74 Å². The predicted octanol–water partition coefficient (Wildman–Crippen LogP) is 1.72. The highest BCUT2D eigenvalue weighted by molar-refractivity contribution is 5.07. The van der Waals surface area contributed by atoms with Crippen molar-refractivity contribution in [2.24, 2.45) is 5.73 Å². The predicted molar refractivity (Wildman–Crippen MR) is 53.5 cm³/mol. The van der Waals surface area contributed by atoms with Crippen LogP contribution in [0.4, 0.5) is 0 Å². The third-order valence-corrected chi connectivity index (χ3v) is 3.40. The molecule has 2 unspecified atom stereocenters. The van der Waals surface area contributed by atoms with Crippen molar-refractivity contribution in [1.82, 2.24) is 0 Å². The highest BCUT2D eigenvalue weighted by atomic mass is 16.5. The first-order valence-electron chi connectivity index (χ1n) is 5.57. The van der Waals surface area contributed by atoms with Crippen LogP contribution in [-0.4, -0.2) is 17.7 Å². The number of hydrogen-bond acceptors (Lipinski definition) is 3. The van der Waals surface area contributed by atoms with Gasteiger partial charge in [-0.3, -0.25) is 0 Å². The van der Waals surface area contributed by atoms with Crippen molar-refractivity contribution in [3.8, 4) is 6.07 Å². The van der Waals surface area contributed by atoms with E-state index in [1.165, 1.54) is 19.3 Å². The fraction of sp³-hybridized carbons (Fsp3) is 0.909. The number of rotatable bonds is 2. The van der Waals surface area contributed by atoms with Gasteiger partial charge >= 0.3 is 0 Å². The van der Waals surface area contributed by atoms with E-state index in [0.717, 1.165) is 25.7 Å². The summed E-state index contributed by atoms with van der Waals surface area (Å²) in [6.07, 6.45) is 8.04. The molecule has 0 aromatic rings. The number of ether oxygens (including phenoxy) is 1. The third kappa shape index (κ3) is 2.08. The van der Waals surface area contributed by atoms with Crippen molar-refractivity contribution in [2.75, 3.05) is 0 Å². The van der Waals surface area contributed by atoms with Gasteiger partial charge in [0.05, 0.1) is 18.3 Å². The standard InChI is InChI=1S/C11H18N2O/c12-8-11(13)6-2-5-10(7-11)14-9-3-1-4-9/h9-10H,1-7,13H2. The zero-order chi connectivity index (χ0) is 10.0. The molecule has 0 spiro atoms. The van der Waals surface area contributed by atoms with E-state index < -0.39 is 5.54 Å². The largest absolute Gasteiger partial charge is 0.375 e. The minimum atomic E-state index is -0.618. The fourth-order valence-corrected chi connectivity index (χ4v) is 2.25. The minimum Gasteiger partial charge on any atom is -0.375 e. The van der Waals surface area contributed by atoms with E-state index in [9.17, 15) is 0 Å². The maximum atomic E-state index is 8.94. The van der Waals surface area contributed by atoms with Crippen molar-refractivity contribution in [2.45, 2.75) is 62.7 Å². The molecule has 0 aromatic carbocycles. The Morgan fingerprint density at radius 3 is 2.50 bits per heavy atom. The van der Waals surface area contributed by atoms with Crippen molar-refractivity contribution in [1.29, 1.82) is 5.26 Å². The molecule has 2 saturated carbocycles. The summed E-state index contributed by atoms with van der Waals surface area (Å²) in [5.41, 5.74) is 5.32. The SMILES string of the molecule is N#CC1(N)CCCC(OC2CCC2)C1. The quantitative estimate of drug-likeness (QED) is 0.728. The molecular weight excluding hydrogens is 176 g/mol. The molecule has 2 atom stereocenters. The van der Waals surface area contributed by atoms with Crippen molar-refractivity contribution in [3.05, 3.63) is 0 Å². The van der Waals surface area contributed by atoms with Gasteiger partial charge in [0, 0.05) is 6.42 Å². The Morgan fingerprint density at radius 1 is 1.21 bits per heavy atom. The van der Waals surface area contributed by atoms with Gasteiger partial charge in [-0.25, -0.2) is 0 Å². The van der Waals surface area contributed by atoms with Crippen LogP contribution in [0.1, 0.15) is 44.9 Å². The Labute approximate surface area is 85.2 Å². The van der Waals surface area contributed by atoms with Gasteiger partial charge in [0.25, 0.3) is 0 Å². The zero-order valence-corrected chi connectivity index (χ0v) is 8.54. The Morgan fingerprint density at radius 2 is 1.93 bits per heavy atom. The normalized spacial score (nSPS) is 38.7. The van der Waals surface area contributed by atoms with Crippen LogP contribution in [0.3, 0.4) is 0 Å². The van der Waals surface area contributed by atoms with Gasteiger partial charge in [-0.15, -0.1) is 0 Å². The molecule has 0 aliphatic heterocycles. The van der Waals surface area contributed by atoms with Crippen LogP contribution in [0.5, 0.6) is 0 Å². The number of hydrogen-bond donors (Lipinski definition) is 1. The zero-order valence-electron chi connectivity index (χ0n) is 8.54. The van der Waals surface area contributed by atoms with E-state index in [1.54, 1.807) is 0 Å². The molecule has 2 N–H and O–H groups in total. The molecule has 3 heteroatoms.